The van der Waals surface area contributed by atoms with Crippen LogP contribution in [0.25, 0.3) is 0 Å². The highest BCUT2D eigenvalue weighted by Crippen LogP contribution is 2.28. The largest absolute Gasteiger partial charge is 0.376 e. The Hall–Kier alpha value is -1.92. The van der Waals surface area contributed by atoms with Crippen molar-refractivity contribution < 1.29 is 8.42 Å². The maximum Gasteiger partial charge on any atom is 0.261 e. The zero-order valence-electron chi connectivity index (χ0n) is 11.6. The minimum absolute atomic E-state index is 0.0387. The van der Waals surface area contributed by atoms with Gasteiger partial charge in [0, 0.05) is 24.8 Å². The zero-order valence-corrected chi connectivity index (χ0v) is 13.1. The van der Waals surface area contributed by atoms with Crippen LogP contribution in [0.15, 0.2) is 63.7 Å². The molecule has 0 aromatic heterocycles. The van der Waals surface area contributed by atoms with Crippen molar-refractivity contribution in [2.24, 2.45) is 10.2 Å². The van der Waals surface area contributed by atoms with Gasteiger partial charge in [0.1, 0.15) is 5.69 Å². The quantitative estimate of drug-likeness (QED) is 0.628. The maximum atomic E-state index is 11.1. The lowest BCUT2D eigenvalue weighted by Gasteiger charge is -2.13. The summed E-state index contributed by atoms with van der Waals surface area (Å²) in [5.74, 6) is 0. The van der Waals surface area contributed by atoms with Crippen LogP contribution in [-0.4, -0.2) is 22.5 Å². The van der Waals surface area contributed by atoms with Gasteiger partial charge in [0.05, 0.1) is 16.3 Å². The van der Waals surface area contributed by atoms with Crippen LogP contribution in [0.5, 0.6) is 0 Å². The lowest BCUT2D eigenvalue weighted by molar-refractivity contribution is 0.609. The SMILES string of the molecule is CN(C)c1ccccc1N=Nc1ccc(S(=O)(=O)Cl)cc1. The Bertz CT molecular complexity index is 756. The molecule has 0 spiro atoms. The molecule has 0 unspecified atom stereocenters. The van der Waals surface area contributed by atoms with E-state index in [-0.39, 0.29) is 4.90 Å². The van der Waals surface area contributed by atoms with E-state index < -0.39 is 9.05 Å². The van der Waals surface area contributed by atoms with Crippen molar-refractivity contribution >= 4 is 36.8 Å². The molecule has 0 atom stereocenters. The number of para-hydroxylation sites is 1. The molecular weight excluding hydrogens is 310 g/mol. The number of halogens is 1. The summed E-state index contributed by atoms with van der Waals surface area (Å²) in [6.07, 6.45) is 0. The Morgan fingerprint density at radius 1 is 0.952 bits per heavy atom. The number of hydrogen-bond donors (Lipinski definition) is 0. The van der Waals surface area contributed by atoms with Crippen LogP contribution in [-0.2, 0) is 9.05 Å². The molecule has 0 radical (unpaired) electrons. The second-order valence-electron chi connectivity index (χ2n) is 4.51. The van der Waals surface area contributed by atoms with Gasteiger partial charge in [-0.25, -0.2) is 8.42 Å². The molecule has 0 amide bonds. The first-order chi connectivity index (χ1) is 9.88. The molecule has 2 aromatic rings. The molecule has 5 nitrogen and oxygen atoms in total. The lowest BCUT2D eigenvalue weighted by Crippen LogP contribution is -2.08. The number of anilines is 1. The van der Waals surface area contributed by atoms with Crippen molar-refractivity contribution in [3.05, 3.63) is 48.5 Å². The third-order valence-electron chi connectivity index (χ3n) is 2.76. The van der Waals surface area contributed by atoms with Crippen LogP contribution >= 0.6 is 10.7 Å². The van der Waals surface area contributed by atoms with Crippen molar-refractivity contribution in [3.63, 3.8) is 0 Å². The molecule has 0 N–H and O–H groups in total. The van der Waals surface area contributed by atoms with E-state index in [2.05, 4.69) is 10.2 Å². The van der Waals surface area contributed by atoms with E-state index in [0.29, 0.717) is 5.69 Å². The highest BCUT2D eigenvalue weighted by Gasteiger charge is 2.08. The fraction of sp³-hybridized carbons (Fsp3) is 0.143. The number of nitrogens with zero attached hydrogens (tertiary/aromatic N) is 3. The molecular formula is C14H14ClN3O2S. The van der Waals surface area contributed by atoms with E-state index in [0.717, 1.165) is 11.4 Å². The predicted molar refractivity (Wildman–Crippen MR) is 84.4 cm³/mol. The summed E-state index contributed by atoms with van der Waals surface area (Å²) in [4.78, 5) is 1.98. The van der Waals surface area contributed by atoms with E-state index in [4.69, 9.17) is 10.7 Å². The van der Waals surface area contributed by atoms with Crippen molar-refractivity contribution in [2.45, 2.75) is 4.90 Å². The molecule has 21 heavy (non-hydrogen) atoms. The first-order valence-electron chi connectivity index (χ1n) is 6.11. The monoisotopic (exact) mass is 323 g/mol. The van der Waals surface area contributed by atoms with E-state index in [1.165, 1.54) is 12.1 Å². The Morgan fingerprint density at radius 2 is 1.57 bits per heavy atom. The average molecular weight is 324 g/mol. The predicted octanol–water partition coefficient (Wildman–Crippen LogP) is 4.10. The van der Waals surface area contributed by atoms with Crippen LogP contribution in [0.2, 0.25) is 0 Å². The fourth-order valence-corrected chi connectivity index (χ4v) is 2.48. The molecule has 2 rings (SSSR count). The zero-order chi connectivity index (χ0) is 15.5. The van der Waals surface area contributed by atoms with Gasteiger partial charge in [0.25, 0.3) is 9.05 Å². The van der Waals surface area contributed by atoms with Gasteiger partial charge < -0.3 is 4.90 Å². The maximum absolute atomic E-state index is 11.1. The summed E-state index contributed by atoms with van der Waals surface area (Å²) < 4.78 is 22.3. The average Bonchev–Trinajstić information content (AvgIpc) is 2.45. The lowest BCUT2D eigenvalue weighted by atomic mass is 10.2. The highest BCUT2D eigenvalue weighted by molar-refractivity contribution is 8.13. The minimum atomic E-state index is -3.71. The van der Waals surface area contributed by atoms with E-state index in [1.54, 1.807) is 12.1 Å². The van der Waals surface area contributed by atoms with Crippen LogP contribution in [0.3, 0.4) is 0 Å². The molecule has 0 saturated carbocycles. The van der Waals surface area contributed by atoms with Gasteiger partial charge in [-0.05, 0) is 36.4 Å². The third-order valence-corrected chi connectivity index (χ3v) is 4.12. The summed E-state index contributed by atoms with van der Waals surface area (Å²) in [5, 5.41) is 8.29. The first kappa shape index (κ1) is 15.5. The summed E-state index contributed by atoms with van der Waals surface area (Å²) in [6, 6.07) is 13.5. The van der Waals surface area contributed by atoms with Gasteiger partial charge in [-0.2, -0.15) is 5.11 Å². The van der Waals surface area contributed by atoms with E-state index >= 15 is 0 Å². The molecule has 0 heterocycles. The number of benzene rings is 2. The van der Waals surface area contributed by atoms with Crippen molar-refractivity contribution in [2.75, 3.05) is 19.0 Å². The van der Waals surface area contributed by atoms with Crippen molar-refractivity contribution in [1.29, 1.82) is 0 Å². The topological polar surface area (TPSA) is 62.1 Å². The van der Waals surface area contributed by atoms with Crippen LogP contribution in [0.1, 0.15) is 0 Å². The third kappa shape index (κ3) is 4.03. The molecule has 2 aromatic carbocycles. The summed E-state index contributed by atoms with van der Waals surface area (Å²) >= 11 is 0. The smallest absolute Gasteiger partial charge is 0.261 e. The van der Waals surface area contributed by atoms with E-state index in [1.807, 2.05) is 43.3 Å². The molecule has 0 fully saturated rings. The molecule has 7 heteroatoms. The summed E-state index contributed by atoms with van der Waals surface area (Å²) in [6.45, 7) is 0. The first-order valence-corrected chi connectivity index (χ1v) is 8.42. The van der Waals surface area contributed by atoms with Crippen molar-refractivity contribution in [3.8, 4) is 0 Å². The molecule has 0 aliphatic rings. The normalized spacial score (nSPS) is 11.8. The number of hydrogen-bond acceptors (Lipinski definition) is 5. The Kier molecular flexibility index (Phi) is 4.59. The van der Waals surface area contributed by atoms with Gasteiger partial charge in [-0.1, -0.05) is 12.1 Å². The van der Waals surface area contributed by atoms with Crippen molar-refractivity contribution in [1.82, 2.24) is 0 Å². The standard InChI is InChI=1S/C14H14ClN3O2S/c1-18(2)14-6-4-3-5-13(14)17-16-11-7-9-12(10-8-11)21(15,19)20/h3-10H,1-2H3. The van der Waals surface area contributed by atoms with Gasteiger partial charge >= 0.3 is 0 Å². The summed E-state index contributed by atoms with van der Waals surface area (Å²) in [5.41, 5.74) is 2.23. The van der Waals surface area contributed by atoms with Gasteiger partial charge in [-0.15, -0.1) is 5.11 Å². The minimum Gasteiger partial charge on any atom is -0.376 e. The Labute approximate surface area is 128 Å². The fourth-order valence-electron chi connectivity index (χ4n) is 1.71. The Balaban J connectivity index is 2.26. The number of azo groups is 1. The molecule has 0 aliphatic heterocycles. The van der Waals surface area contributed by atoms with E-state index in [9.17, 15) is 8.42 Å². The second kappa shape index (κ2) is 6.24. The number of rotatable bonds is 4. The van der Waals surface area contributed by atoms with Gasteiger partial charge in [0.2, 0.25) is 0 Å². The Morgan fingerprint density at radius 3 is 2.14 bits per heavy atom. The summed E-state index contributed by atoms with van der Waals surface area (Å²) in [7, 11) is 5.39. The molecule has 110 valence electrons. The van der Waals surface area contributed by atoms with Crippen LogP contribution < -0.4 is 4.90 Å². The van der Waals surface area contributed by atoms with Crippen LogP contribution in [0.4, 0.5) is 17.1 Å². The molecule has 0 bridgehead atoms. The molecule has 0 aliphatic carbocycles. The van der Waals surface area contributed by atoms with Gasteiger partial charge in [0.15, 0.2) is 0 Å². The van der Waals surface area contributed by atoms with Gasteiger partial charge in [-0.3, -0.25) is 0 Å². The molecule has 0 saturated heterocycles. The van der Waals surface area contributed by atoms with Crippen LogP contribution in [0, 0.1) is 0 Å². The highest BCUT2D eigenvalue weighted by atomic mass is 35.7. The second-order valence-corrected chi connectivity index (χ2v) is 7.08.